The summed E-state index contributed by atoms with van der Waals surface area (Å²) < 4.78 is 0. The molecule has 0 amide bonds. The number of piperazine rings is 1. The van der Waals surface area contributed by atoms with E-state index in [1.54, 1.807) is 0 Å². The summed E-state index contributed by atoms with van der Waals surface area (Å²) in [6.07, 6.45) is 1.29. The van der Waals surface area contributed by atoms with Crippen LogP contribution in [0.25, 0.3) is 0 Å². The third-order valence-corrected chi connectivity index (χ3v) is 3.94. The second-order valence-corrected chi connectivity index (χ2v) is 5.46. The molecular weight excluding hydrogens is 272 g/mol. The van der Waals surface area contributed by atoms with Crippen LogP contribution in [0.4, 0.5) is 17.5 Å². The monoisotopic (exact) mass is 294 g/mol. The van der Waals surface area contributed by atoms with E-state index >= 15 is 0 Å². The molecule has 1 aliphatic rings. The fraction of sp³-hybridized carbons (Fsp3) is 0.692. The molecule has 1 aromatic rings. The molecule has 8 nitrogen and oxygen atoms in total. The molecule has 1 N–H and O–H groups in total. The fourth-order valence-corrected chi connectivity index (χ4v) is 2.55. The predicted molar refractivity (Wildman–Crippen MR) is 81.8 cm³/mol. The van der Waals surface area contributed by atoms with E-state index in [2.05, 4.69) is 41.1 Å². The van der Waals surface area contributed by atoms with Crippen LogP contribution in [0.15, 0.2) is 6.20 Å². The maximum Gasteiger partial charge on any atom is 0.329 e. The number of hydrogen-bond acceptors (Lipinski definition) is 7. The molecule has 1 saturated heterocycles. The largest absolute Gasteiger partial charge is 0.354 e. The Labute approximate surface area is 124 Å². The van der Waals surface area contributed by atoms with Crippen molar-refractivity contribution in [1.82, 2.24) is 14.9 Å². The molecule has 0 saturated carbocycles. The van der Waals surface area contributed by atoms with Crippen molar-refractivity contribution in [3.05, 3.63) is 16.3 Å². The van der Waals surface area contributed by atoms with Crippen molar-refractivity contribution < 1.29 is 4.92 Å². The second kappa shape index (κ2) is 6.21. The minimum Gasteiger partial charge on any atom is -0.354 e. The molecule has 1 aromatic heterocycles. The van der Waals surface area contributed by atoms with Crippen molar-refractivity contribution in [3.63, 3.8) is 0 Å². The lowest BCUT2D eigenvalue weighted by molar-refractivity contribution is -0.384. The van der Waals surface area contributed by atoms with E-state index in [9.17, 15) is 10.1 Å². The summed E-state index contributed by atoms with van der Waals surface area (Å²) in [7, 11) is 2.07. The topological polar surface area (TPSA) is 87.4 Å². The first-order valence-electron chi connectivity index (χ1n) is 7.16. The smallest absolute Gasteiger partial charge is 0.329 e. The third kappa shape index (κ3) is 3.21. The van der Waals surface area contributed by atoms with E-state index in [0.29, 0.717) is 43.5 Å². The summed E-state index contributed by atoms with van der Waals surface area (Å²) in [6, 6.07) is 0.622. The number of rotatable bonds is 4. The molecule has 0 spiro atoms. The van der Waals surface area contributed by atoms with Gasteiger partial charge in [-0.1, -0.05) is 0 Å². The van der Waals surface area contributed by atoms with Gasteiger partial charge in [0.1, 0.15) is 6.20 Å². The zero-order chi connectivity index (χ0) is 15.6. The minimum absolute atomic E-state index is 0.0411. The first-order valence-corrected chi connectivity index (χ1v) is 7.16. The van der Waals surface area contributed by atoms with Crippen LogP contribution in [0.3, 0.4) is 0 Å². The van der Waals surface area contributed by atoms with Crippen molar-refractivity contribution in [1.29, 1.82) is 0 Å². The molecule has 2 atom stereocenters. The van der Waals surface area contributed by atoms with E-state index in [1.165, 1.54) is 6.20 Å². The van der Waals surface area contributed by atoms with Crippen LogP contribution in [-0.4, -0.2) is 58.6 Å². The van der Waals surface area contributed by atoms with E-state index in [-0.39, 0.29) is 5.69 Å². The van der Waals surface area contributed by atoms with Crippen molar-refractivity contribution in [3.8, 4) is 0 Å². The van der Waals surface area contributed by atoms with Crippen LogP contribution in [-0.2, 0) is 0 Å². The molecule has 1 aliphatic heterocycles. The third-order valence-electron chi connectivity index (χ3n) is 3.94. The predicted octanol–water partition coefficient (Wildman–Crippen LogP) is 1.35. The van der Waals surface area contributed by atoms with Crippen LogP contribution in [0.5, 0.6) is 0 Å². The molecule has 8 heteroatoms. The van der Waals surface area contributed by atoms with E-state index in [4.69, 9.17) is 0 Å². The number of hydrogen-bond donors (Lipinski definition) is 1. The molecule has 116 valence electrons. The SMILES string of the molecule is CCNc1ncc([N+](=O)[O-])c(N2CC(C)N(C)C(C)C2)n1. The van der Waals surface area contributed by atoms with Crippen molar-refractivity contribution in [2.45, 2.75) is 32.9 Å². The van der Waals surface area contributed by atoms with Gasteiger partial charge in [0.2, 0.25) is 11.8 Å². The molecule has 0 bridgehead atoms. The zero-order valence-corrected chi connectivity index (χ0v) is 12.9. The van der Waals surface area contributed by atoms with Crippen LogP contribution >= 0.6 is 0 Å². The maximum absolute atomic E-state index is 11.2. The average molecular weight is 294 g/mol. The lowest BCUT2D eigenvalue weighted by Crippen LogP contribution is -2.55. The molecule has 0 aromatic carbocycles. The average Bonchev–Trinajstić information content (AvgIpc) is 2.44. The number of likely N-dealkylation sites (N-methyl/N-ethyl adjacent to an activating group) is 1. The van der Waals surface area contributed by atoms with Gasteiger partial charge in [-0.3, -0.25) is 15.0 Å². The second-order valence-electron chi connectivity index (χ2n) is 5.46. The number of nitrogens with one attached hydrogen (secondary N) is 1. The number of aromatic nitrogens is 2. The fourth-order valence-electron chi connectivity index (χ4n) is 2.55. The Morgan fingerprint density at radius 1 is 1.43 bits per heavy atom. The highest BCUT2D eigenvalue weighted by Gasteiger charge is 2.31. The Morgan fingerprint density at radius 3 is 2.57 bits per heavy atom. The summed E-state index contributed by atoms with van der Waals surface area (Å²) in [5.41, 5.74) is -0.0411. The van der Waals surface area contributed by atoms with Gasteiger partial charge in [-0.2, -0.15) is 4.98 Å². The van der Waals surface area contributed by atoms with E-state index in [1.807, 2.05) is 11.8 Å². The normalized spacial score (nSPS) is 23.1. The minimum atomic E-state index is -0.418. The van der Waals surface area contributed by atoms with Gasteiger partial charge < -0.3 is 10.2 Å². The Balaban J connectivity index is 2.36. The first-order chi connectivity index (χ1) is 9.93. The highest BCUT2D eigenvalue weighted by atomic mass is 16.6. The van der Waals surface area contributed by atoms with Crippen molar-refractivity contribution in [2.75, 3.05) is 36.9 Å². The van der Waals surface area contributed by atoms with Crippen molar-refractivity contribution >= 4 is 17.5 Å². The zero-order valence-electron chi connectivity index (χ0n) is 12.9. The lowest BCUT2D eigenvalue weighted by Gasteiger charge is -2.42. The molecule has 0 radical (unpaired) electrons. The van der Waals surface area contributed by atoms with E-state index in [0.717, 1.165) is 0 Å². The van der Waals surface area contributed by atoms with Gasteiger partial charge in [-0.05, 0) is 27.8 Å². The highest BCUT2D eigenvalue weighted by molar-refractivity contribution is 5.59. The Hall–Kier alpha value is -1.96. The standard InChI is InChI=1S/C13H22N6O2/c1-5-14-13-15-6-11(19(20)21)12(16-13)18-7-9(2)17(4)10(3)8-18/h6,9-10H,5,7-8H2,1-4H3,(H,14,15,16). The molecule has 1 fully saturated rings. The Morgan fingerprint density at radius 2 is 2.05 bits per heavy atom. The van der Waals surface area contributed by atoms with Crippen LogP contribution in [0, 0.1) is 10.1 Å². The molecule has 21 heavy (non-hydrogen) atoms. The maximum atomic E-state index is 11.2. The van der Waals surface area contributed by atoms with Crippen LogP contribution < -0.4 is 10.2 Å². The van der Waals surface area contributed by atoms with Gasteiger partial charge in [-0.25, -0.2) is 4.98 Å². The number of nitro groups is 1. The Kier molecular flexibility index (Phi) is 4.56. The van der Waals surface area contributed by atoms with Crippen LogP contribution in [0.1, 0.15) is 20.8 Å². The van der Waals surface area contributed by atoms with Gasteiger partial charge >= 0.3 is 5.69 Å². The summed E-state index contributed by atoms with van der Waals surface area (Å²) in [5, 5.41) is 14.2. The first kappa shape index (κ1) is 15.4. The van der Waals surface area contributed by atoms with Gasteiger partial charge in [-0.15, -0.1) is 0 Å². The van der Waals surface area contributed by atoms with Gasteiger partial charge in [0.25, 0.3) is 0 Å². The van der Waals surface area contributed by atoms with Crippen LogP contribution in [0.2, 0.25) is 0 Å². The van der Waals surface area contributed by atoms with Gasteiger partial charge in [0, 0.05) is 31.7 Å². The van der Waals surface area contributed by atoms with Crippen molar-refractivity contribution in [2.24, 2.45) is 0 Å². The Bertz CT molecular complexity index is 511. The van der Waals surface area contributed by atoms with E-state index < -0.39 is 4.92 Å². The summed E-state index contributed by atoms with van der Waals surface area (Å²) in [6.45, 7) is 8.26. The molecule has 0 aliphatic carbocycles. The summed E-state index contributed by atoms with van der Waals surface area (Å²) >= 11 is 0. The number of nitrogens with zero attached hydrogens (tertiary/aromatic N) is 5. The summed E-state index contributed by atoms with van der Waals surface area (Å²) in [5.74, 6) is 0.829. The quantitative estimate of drug-likeness (QED) is 0.662. The van der Waals surface area contributed by atoms with Gasteiger partial charge in [0.15, 0.2) is 0 Å². The van der Waals surface area contributed by atoms with Gasteiger partial charge in [0.05, 0.1) is 4.92 Å². The molecular formula is C13H22N6O2. The lowest BCUT2D eigenvalue weighted by atomic mass is 10.1. The molecule has 2 unspecified atom stereocenters. The summed E-state index contributed by atoms with van der Waals surface area (Å²) in [4.78, 5) is 23.4. The molecule has 2 heterocycles. The number of anilines is 2. The highest BCUT2D eigenvalue weighted by Crippen LogP contribution is 2.29. The molecule has 2 rings (SSSR count).